The first kappa shape index (κ1) is 35.9. The van der Waals surface area contributed by atoms with Crippen molar-refractivity contribution in [2.24, 2.45) is 11.5 Å². The molecular formula is C34H37F2N11O4. The lowest BCUT2D eigenvalue weighted by molar-refractivity contribution is -0.122. The van der Waals surface area contributed by atoms with Gasteiger partial charge in [-0.1, -0.05) is 6.92 Å². The number of nitrogens with two attached hydrogens (primary N) is 2. The zero-order valence-corrected chi connectivity index (χ0v) is 27.8. The molecule has 0 spiro atoms. The molecule has 3 aromatic heterocycles. The van der Waals surface area contributed by atoms with Gasteiger partial charge in [0.05, 0.1) is 31.2 Å². The Labute approximate surface area is 291 Å². The molecule has 1 atom stereocenters. The average Bonchev–Trinajstić information content (AvgIpc) is 3.57. The van der Waals surface area contributed by atoms with Gasteiger partial charge in [0.2, 0.25) is 17.6 Å². The number of carbonyl (C=O) groups is 2. The molecule has 0 unspecified atom stereocenters. The normalized spacial score (nSPS) is 11.5. The lowest BCUT2D eigenvalue weighted by atomic mass is 10.0. The maximum Gasteiger partial charge on any atom is 0.251 e. The largest absolute Gasteiger partial charge is 0.495 e. The molecule has 0 aliphatic heterocycles. The molecule has 51 heavy (non-hydrogen) atoms. The molecular weight excluding hydrogens is 664 g/mol. The van der Waals surface area contributed by atoms with E-state index in [1.54, 1.807) is 28.8 Å². The summed E-state index contributed by atoms with van der Waals surface area (Å²) in [6, 6.07) is 10.2. The van der Waals surface area contributed by atoms with Crippen LogP contribution in [-0.2, 0) is 11.2 Å². The fraction of sp³-hybridized carbons (Fsp3) is 0.235. The van der Waals surface area contributed by atoms with Crippen LogP contribution in [0.25, 0.3) is 16.9 Å². The van der Waals surface area contributed by atoms with Crippen LogP contribution in [0.5, 0.6) is 17.4 Å². The third kappa shape index (κ3) is 8.63. The molecule has 0 fully saturated rings. The van der Waals surface area contributed by atoms with Crippen LogP contribution >= 0.6 is 0 Å². The summed E-state index contributed by atoms with van der Waals surface area (Å²) in [6.45, 7) is 2.56. The minimum Gasteiger partial charge on any atom is -0.495 e. The van der Waals surface area contributed by atoms with Crippen LogP contribution in [0, 0.1) is 17.0 Å². The molecule has 2 aromatic carbocycles. The van der Waals surface area contributed by atoms with Gasteiger partial charge in [0.25, 0.3) is 5.91 Å². The van der Waals surface area contributed by atoms with E-state index in [1.807, 2.05) is 13.0 Å². The van der Waals surface area contributed by atoms with E-state index in [0.717, 1.165) is 5.56 Å². The molecule has 0 radical (unpaired) electrons. The summed E-state index contributed by atoms with van der Waals surface area (Å²) in [6.07, 6.45) is 6.73. The third-order valence-electron chi connectivity index (χ3n) is 7.72. The standard InChI is InChI=1S/C34H37F2N11O4/c1-3-19-16-20(4-6-22(19)32(48)41-12-13-42-33(49)24(37)10-11-43-34(38)39)46-30-31-45-18-25(47(31)15-14-40-30)23-7-8-26(29(36)28(23)35)51-27-9-5-21(50-2)17-44-27/h4-9,14-18,24H,3,10-13,37H2,1-2H3,(H,40,46)(H,41,48)(H,42,49)(H4,38,39,43)/t24-/m0/s1. The highest BCUT2D eigenvalue weighted by molar-refractivity contribution is 5.96. The van der Waals surface area contributed by atoms with E-state index in [2.05, 4.69) is 36.2 Å². The molecule has 17 heteroatoms. The van der Waals surface area contributed by atoms with Crippen LogP contribution in [0.15, 0.2) is 67.3 Å². The van der Waals surface area contributed by atoms with Crippen LogP contribution in [0.1, 0.15) is 29.3 Å². The fourth-order valence-corrected chi connectivity index (χ4v) is 5.08. The lowest BCUT2D eigenvalue weighted by Crippen LogP contribution is -2.45. The van der Waals surface area contributed by atoms with Crippen molar-refractivity contribution in [3.05, 3.63) is 90.0 Å². The number of aryl methyl sites for hydroxylation is 1. The molecule has 5 rings (SSSR count). The van der Waals surface area contributed by atoms with Gasteiger partial charge in [0.1, 0.15) is 5.75 Å². The number of imidazole rings is 1. The minimum atomic E-state index is -1.19. The second kappa shape index (κ2) is 16.4. The zero-order valence-electron chi connectivity index (χ0n) is 27.8. The van der Waals surface area contributed by atoms with Crippen LogP contribution < -0.4 is 42.2 Å². The van der Waals surface area contributed by atoms with E-state index in [-0.39, 0.29) is 66.7 Å². The number of rotatable bonds is 15. The van der Waals surface area contributed by atoms with Crippen molar-refractivity contribution in [3.8, 4) is 28.6 Å². The number of anilines is 2. The average molecular weight is 702 g/mol. The highest BCUT2D eigenvalue weighted by Crippen LogP contribution is 2.33. The number of nitrogens with one attached hydrogen (secondary N) is 5. The van der Waals surface area contributed by atoms with Gasteiger partial charge in [-0.05, 0) is 54.8 Å². The number of halogens is 2. The number of ether oxygens (including phenoxy) is 2. The Balaban J connectivity index is 1.24. The fourth-order valence-electron chi connectivity index (χ4n) is 5.08. The zero-order chi connectivity index (χ0) is 36.5. The maximum absolute atomic E-state index is 15.4. The number of amides is 2. The summed E-state index contributed by atoms with van der Waals surface area (Å²) in [5.41, 5.74) is 13.5. The Morgan fingerprint density at radius 3 is 2.51 bits per heavy atom. The van der Waals surface area contributed by atoms with Crippen molar-refractivity contribution in [1.29, 1.82) is 5.41 Å². The van der Waals surface area contributed by atoms with E-state index in [9.17, 15) is 9.59 Å². The van der Waals surface area contributed by atoms with E-state index in [0.29, 0.717) is 34.9 Å². The number of fused-ring (bicyclic) bond motifs is 1. The Morgan fingerprint density at radius 2 is 1.78 bits per heavy atom. The van der Waals surface area contributed by atoms with Gasteiger partial charge in [-0.15, -0.1) is 0 Å². The first-order chi connectivity index (χ1) is 24.6. The maximum atomic E-state index is 15.4. The topological polar surface area (TPSA) is 220 Å². The lowest BCUT2D eigenvalue weighted by Gasteiger charge is -2.14. The van der Waals surface area contributed by atoms with Gasteiger partial charge in [-0.2, -0.15) is 4.39 Å². The molecule has 15 nitrogen and oxygen atoms in total. The summed E-state index contributed by atoms with van der Waals surface area (Å²) in [5.74, 6) is -2.64. The number of benzene rings is 2. The molecule has 266 valence electrons. The van der Waals surface area contributed by atoms with Crippen molar-refractivity contribution in [1.82, 2.24) is 35.3 Å². The first-order valence-corrected chi connectivity index (χ1v) is 15.9. The first-order valence-electron chi connectivity index (χ1n) is 15.9. The molecule has 0 aliphatic carbocycles. The Kier molecular flexibility index (Phi) is 11.5. The predicted molar refractivity (Wildman–Crippen MR) is 186 cm³/mol. The number of pyridine rings is 1. The summed E-state index contributed by atoms with van der Waals surface area (Å²) in [4.78, 5) is 38.0. The number of hydrogen-bond donors (Lipinski definition) is 7. The van der Waals surface area contributed by atoms with Crippen LogP contribution in [0.2, 0.25) is 0 Å². The number of nitrogens with zero attached hydrogens (tertiary/aromatic N) is 4. The Bertz CT molecular complexity index is 2040. The molecule has 0 saturated heterocycles. The van der Waals surface area contributed by atoms with Gasteiger partial charge < -0.3 is 42.2 Å². The summed E-state index contributed by atoms with van der Waals surface area (Å²) in [5, 5.41) is 18.4. The Morgan fingerprint density at radius 1 is 0.980 bits per heavy atom. The molecule has 0 saturated carbocycles. The van der Waals surface area contributed by atoms with Crippen molar-refractivity contribution in [3.63, 3.8) is 0 Å². The van der Waals surface area contributed by atoms with Crippen molar-refractivity contribution >= 4 is 34.9 Å². The van der Waals surface area contributed by atoms with Gasteiger partial charge in [0, 0.05) is 54.9 Å². The highest BCUT2D eigenvalue weighted by Gasteiger charge is 2.21. The SMILES string of the molecule is CCc1cc(Nc2nccn3c(-c4ccc(Oc5ccc(OC)cn5)c(F)c4F)cnc23)ccc1C(=O)NCCNC(=O)[C@@H](N)CCNC(=N)N. The van der Waals surface area contributed by atoms with Gasteiger partial charge in [-0.25, -0.2) is 19.3 Å². The summed E-state index contributed by atoms with van der Waals surface area (Å²) in [7, 11) is 1.48. The smallest absolute Gasteiger partial charge is 0.251 e. The third-order valence-corrected chi connectivity index (χ3v) is 7.72. The molecule has 0 bridgehead atoms. The van der Waals surface area contributed by atoms with E-state index in [1.165, 1.54) is 43.9 Å². The molecule has 9 N–H and O–H groups in total. The number of aromatic nitrogens is 4. The second-order valence-electron chi connectivity index (χ2n) is 11.1. The predicted octanol–water partition coefficient (Wildman–Crippen LogP) is 3.22. The van der Waals surface area contributed by atoms with Gasteiger partial charge in [-0.3, -0.25) is 19.4 Å². The molecule has 0 aliphatic rings. The quantitative estimate of drug-likeness (QED) is 0.0477. The van der Waals surface area contributed by atoms with Crippen molar-refractivity contribution in [2.75, 3.05) is 32.1 Å². The molecule has 3 heterocycles. The van der Waals surface area contributed by atoms with E-state index in [4.69, 9.17) is 26.4 Å². The van der Waals surface area contributed by atoms with E-state index >= 15 is 8.78 Å². The summed E-state index contributed by atoms with van der Waals surface area (Å²) >= 11 is 0. The Hall–Kier alpha value is -6.36. The second-order valence-corrected chi connectivity index (χ2v) is 11.1. The monoisotopic (exact) mass is 701 g/mol. The molecule has 5 aromatic rings. The van der Waals surface area contributed by atoms with Crippen LogP contribution in [-0.4, -0.2) is 69.9 Å². The number of hydrogen-bond acceptors (Lipinski definition) is 10. The van der Waals surface area contributed by atoms with Crippen molar-refractivity contribution in [2.45, 2.75) is 25.8 Å². The van der Waals surface area contributed by atoms with Gasteiger partial charge in [0.15, 0.2) is 29.0 Å². The molecule has 2 amide bonds. The van der Waals surface area contributed by atoms with Crippen LogP contribution in [0.3, 0.4) is 0 Å². The number of methoxy groups -OCH3 is 1. The summed E-state index contributed by atoms with van der Waals surface area (Å²) < 4.78 is 42.6. The van der Waals surface area contributed by atoms with Crippen LogP contribution in [0.4, 0.5) is 20.3 Å². The van der Waals surface area contributed by atoms with Crippen molar-refractivity contribution < 1.29 is 27.8 Å². The highest BCUT2D eigenvalue weighted by atomic mass is 19.2. The van der Waals surface area contributed by atoms with E-state index < -0.39 is 17.7 Å². The minimum absolute atomic E-state index is 0.0415. The van der Waals surface area contributed by atoms with Gasteiger partial charge >= 0.3 is 0 Å². The number of guanidine groups is 1. The number of carbonyl (C=O) groups excluding carboxylic acids is 2.